The summed E-state index contributed by atoms with van der Waals surface area (Å²) in [5.41, 5.74) is -0.0499. The third-order valence-electron chi connectivity index (χ3n) is 3.42. The van der Waals surface area contributed by atoms with Crippen LogP contribution in [0.5, 0.6) is 0 Å². The monoisotopic (exact) mass is 276 g/mol. The highest BCUT2D eigenvalue weighted by Crippen LogP contribution is 2.27. The Bertz CT molecular complexity index is 242. The van der Waals surface area contributed by atoms with Crippen molar-refractivity contribution in [1.82, 2.24) is 0 Å². The zero-order valence-corrected chi connectivity index (χ0v) is 15.6. The van der Waals surface area contributed by atoms with E-state index < -0.39 is 17.4 Å². The standard InChI is InChI=1S/C13H32O2Si2/c1-11(2)12(3,4)14-16(7)13(5,6)15-17(8,9)10/h11,16H,1-10H3. The van der Waals surface area contributed by atoms with Gasteiger partial charge >= 0.3 is 0 Å². The summed E-state index contributed by atoms with van der Waals surface area (Å²) in [7, 11) is -2.88. The fourth-order valence-electron chi connectivity index (χ4n) is 1.61. The predicted octanol–water partition coefficient (Wildman–Crippen LogP) is 3.96. The van der Waals surface area contributed by atoms with Gasteiger partial charge in [-0.1, -0.05) is 13.8 Å². The molecule has 17 heavy (non-hydrogen) atoms. The molecule has 0 aliphatic rings. The minimum absolute atomic E-state index is 0.0499. The first-order valence-electron chi connectivity index (χ1n) is 6.66. The molecule has 0 fully saturated rings. The van der Waals surface area contributed by atoms with Crippen molar-refractivity contribution in [3.63, 3.8) is 0 Å². The number of rotatable bonds is 6. The van der Waals surface area contributed by atoms with Crippen LogP contribution < -0.4 is 0 Å². The second kappa shape index (κ2) is 5.55. The van der Waals surface area contributed by atoms with Crippen LogP contribution in [0.2, 0.25) is 26.2 Å². The lowest BCUT2D eigenvalue weighted by molar-refractivity contribution is 0.0345. The Balaban J connectivity index is 4.65. The first kappa shape index (κ1) is 17.4. The lowest BCUT2D eigenvalue weighted by Gasteiger charge is -2.42. The van der Waals surface area contributed by atoms with E-state index in [2.05, 4.69) is 67.7 Å². The highest BCUT2D eigenvalue weighted by molar-refractivity contribution is 6.71. The topological polar surface area (TPSA) is 18.5 Å². The van der Waals surface area contributed by atoms with Crippen molar-refractivity contribution in [2.24, 2.45) is 5.92 Å². The van der Waals surface area contributed by atoms with Crippen molar-refractivity contribution in [3.8, 4) is 0 Å². The molecule has 0 spiro atoms. The molecule has 0 radical (unpaired) electrons. The van der Waals surface area contributed by atoms with Crippen LogP contribution in [0.1, 0.15) is 41.5 Å². The van der Waals surface area contributed by atoms with Crippen molar-refractivity contribution in [1.29, 1.82) is 0 Å². The van der Waals surface area contributed by atoms with Crippen LogP contribution in [-0.4, -0.2) is 28.2 Å². The van der Waals surface area contributed by atoms with Gasteiger partial charge in [0.15, 0.2) is 8.32 Å². The van der Waals surface area contributed by atoms with Crippen LogP contribution in [0.4, 0.5) is 0 Å². The minimum atomic E-state index is -1.50. The zero-order valence-electron chi connectivity index (χ0n) is 13.5. The van der Waals surface area contributed by atoms with E-state index in [1.165, 1.54) is 0 Å². The molecule has 2 nitrogen and oxygen atoms in total. The molecule has 0 aromatic heterocycles. The molecule has 0 aliphatic heterocycles. The Hall–Kier alpha value is 0.354. The van der Waals surface area contributed by atoms with Gasteiger partial charge in [0, 0.05) is 0 Å². The van der Waals surface area contributed by atoms with Crippen LogP contribution in [0, 0.1) is 5.92 Å². The van der Waals surface area contributed by atoms with Crippen molar-refractivity contribution in [2.45, 2.75) is 78.6 Å². The molecule has 0 aromatic rings. The molecule has 104 valence electrons. The lowest BCUT2D eigenvalue weighted by Crippen LogP contribution is -2.53. The molecule has 1 unspecified atom stereocenters. The van der Waals surface area contributed by atoms with Crippen molar-refractivity contribution in [2.75, 3.05) is 0 Å². The van der Waals surface area contributed by atoms with Gasteiger partial charge in [0.2, 0.25) is 9.04 Å². The summed E-state index contributed by atoms with van der Waals surface area (Å²) in [4.78, 5) is 0. The molecule has 0 saturated heterocycles. The van der Waals surface area contributed by atoms with Gasteiger partial charge in [0.05, 0.1) is 10.8 Å². The second-order valence-corrected chi connectivity index (χ2v) is 14.7. The van der Waals surface area contributed by atoms with Crippen LogP contribution in [0.25, 0.3) is 0 Å². The normalized spacial score (nSPS) is 16.4. The Kier molecular flexibility index (Phi) is 5.67. The van der Waals surface area contributed by atoms with Crippen molar-refractivity contribution >= 4 is 17.4 Å². The molecular formula is C13H32O2Si2. The molecule has 0 aromatic carbocycles. The molecule has 0 saturated carbocycles. The van der Waals surface area contributed by atoms with Crippen LogP contribution in [0.15, 0.2) is 0 Å². The van der Waals surface area contributed by atoms with Gasteiger partial charge in [-0.2, -0.15) is 0 Å². The summed E-state index contributed by atoms with van der Waals surface area (Å²) in [6.07, 6.45) is 0. The largest absolute Gasteiger partial charge is 0.413 e. The van der Waals surface area contributed by atoms with E-state index in [-0.39, 0.29) is 10.8 Å². The molecule has 4 heteroatoms. The fraction of sp³-hybridized carbons (Fsp3) is 1.00. The van der Waals surface area contributed by atoms with Crippen LogP contribution in [0.3, 0.4) is 0 Å². The van der Waals surface area contributed by atoms with E-state index in [4.69, 9.17) is 8.85 Å². The Morgan fingerprint density at radius 3 is 1.71 bits per heavy atom. The first-order chi connectivity index (χ1) is 7.28. The molecule has 1 atom stereocenters. The zero-order chi connectivity index (χ0) is 14.1. The van der Waals surface area contributed by atoms with E-state index in [0.717, 1.165) is 0 Å². The van der Waals surface area contributed by atoms with Gasteiger partial charge in [0.25, 0.3) is 0 Å². The van der Waals surface area contributed by atoms with Crippen molar-refractivity contribution < 1.29 is 8.85 Å². The molecule has 0 amide bonds. The maximum absolute atomic E-state index is 6.35. The second-order valence-electron chi connectivity index (χ2n) is 7.34. The van der Waals surface area contributed by atoms with Gasteiger partial charge in [-0.05, 0) is 59.8 Å². The summed E-state index contributed by atoms with van der Waals surface area (Å²) in [5.74, 6) is 0.528. The van der Waals surface area contributed by atoms with Gasteiger partial charge in [-0.3, -0.25) is 0 Å². The summed E-state index contributed by atoms with van der Waals surface area (Å²) in [6, 6.07) is 0. The van der Waals surface area contributed by atoms with Gasteiger partial charge < -0.3 is 8.85 Å². The molecule has 0 bridgehead atoms. The van der Waals surface area contributed by atoms with E-state index in [1.54, 1.807) is 0 Å². The maximum Gasteiger partial charge on any atom is 0.204 e. The summed E-state index contributed by atoms with van der Waals surface area (Å²) in [5, 5.41) is -0.0867. The van der Waals surface area contributed by atoms with E-state index in [1.807, 2.05) is 0 Å². The lowest BCUT2D eigenvalue weighted by atomic mass is 9.95. The Morgan fingerprint density at radius 1 is 1.00 bits per heavy atom. The first-order valence-corrected chi connectivity index (χ1v) is 12.3. The van der Waals surface area contributed by atoms with E-state index in [0.29, 0.717) is 5.92 Å². The average Bonchev–Trinajstić information content (AvgIpc) is 1.97. The smallest absolute Gasteiger partial charge is 0.204 e. The average molecular weight is 277 g/mol. The third kappa shape index (κ3) is 6.18. The van der Waals surface area contributed by atoms with Crippen LogP contribution in [-0.2, 0) is 8.85 Å². The quantitative estimate of drug-likeness (QED) is 0.684. The molecular weight excluding hydrogens is 244 g/mol. The molecule has 0 N–H and O–H groups in total. The summed E-state index contributed by atoms with van der Waals surface area (Å²) >= 11 is 0. The third-order valence-corrected chi connectivity index (χ3v) is 7.83. The van der Waals surface area contributed by atoms with Gasteiger partial charge in [0.1, 0.15) is 0 Å². The van der Waals surface area contributed by atoms with Crippen molar-refractivity contribution in [3.05, 3.63) is 0 Å². The van der Waals surface area contributed by atoms with E-state index >= 15 is 0 Å². The maximum atomic E-state index is 6.35. The van der Waals surface area contributed by atoms with Gasteiger partial charge in [-0.15, -0.1) is 0 Å². The molecule has 0 rings (SSSR count). The minimum Gasteiger partial charge on any atom is -0.413 e. The Morgan fingerprint density at radius 2 is 1.41 bits per heavy atom. The molecule has 0 heterocycles. The SMILES string of the molecule is CC(C)C(C)(C)O[SiH](C)C(C)(C)O[Si](C)(C)C. The predicted molar refractivity (Wildman–Crippen MR) is 81.5 cm³/mol. The highest BCUT2D eigenvalue weighted by atomic mass is 28.4. The highest BCUT2D eigenvalue weighted by Gasteiger charge is 2.38. The Labute approximate surface area is 111 Å². The van der Waals surface area contributed by atoms with E-state index in [9.17, 15) is 0 Å². The number of hydrogen-bond donors (Lipinski definition) is 0. The number of hydrogen-bond acceptors (Lipinski definition) is 2. The van der Waals surface area contributed by atoms with Crippen LogP contribution >= 0.6 is 0 Å². The molecule has 0 aliphatic carbocycles. The van der Waals surface area contributed by atoms with Gasteiger partial charge in [-0.25, -0.2) is 0 Å². The summed E-state index contributed by atoms with van der Waals surface area (Å²) in [6.45, 7) is 22.2. The fourth-order valence-corrected chi connectivity index (χ4v) is 6.38. The summed E-state index contributed by atoms with van der Waals surface area (Å²) < 4.78 is 12.6.